The second-order valence-corrected chi connectivity index (χ2v) is 3.52. The number of hydrogen-bond acceptors (Lipinski definition) is 3. The van der Waals surface area contributed by atoms with Crippen LogP contribution in [0.5, 0.6) is 0 Å². The monoisotopic (exact) mass is 168 g/mol. The summed E-state index contributed by atoms with van der Waals surface area (Å²) in [5.41, 5.74) is 0. The molecule has 0 heterocycles. The van der Waals surface area contributed by atoms with E-state index in [0.29, 0.717) is 0 Å². The van der Waals surface area contributed by atoms with E-state index >= 15 is 0 Å². The summed E-state index contributed by atoms with van der Waals surface area (Å²) < 4.78 is 32.6. The zero-order chi connectivity index (χ0) is 8.36. The fraction of sp³-hybridized carbons (Fsp3) is 1.00. The average Bonchev–Trinajstić information content (AvgIpc) is 1.60. The van der Waals surface area contributed by atoms with Gasteiger partial charge in [-0.25, -0.2) is 4.18 Å². The van der Waals surface area contributed by atoms with Crippen molar-refractivity contribution >= 4 is 10.4 Å². The van der Waals surface area contributed by atoms with Crippen molar-refractivity contribution in [2.24, 2.45) is 5.92 Å². The van der Waals surface area contributed by atoms with Gasteiger partial charge in [0.25, 0.3) is 0 Å². The Morgan fingerprint density at radius 1 is 1.30 bits per heavy atom. The van der Waals surface area contributed by atoms with E-state index in [2.05, 4.69) is 4.18 Å². The summed E-state index contributed by atoms with van der Waals surface area (Å²) in [6.45, 7) is 5.18. The minimum Gasteiger partial charge on any atom is -0.264 e. The third-order valence-corrected chi connectivity index (χ3v) is 1.76. The molecule has 0 aromatic carbocycles. The lowest BCUT2D eigenvalue weighted by Crippen LogP contribution is -2.19. The van der Waals surface area contributed by atoms with Crippen molar-refractivity contribution in [1.82, 2.24) is 0 Å². The van der Waals surface area contributed by atoms with Crippen LogP contribution in [0.1, 0.15) is 20.8 Å². The van der Waals surface area contributed by atoms with E-state index in [-0.39, 0.29) is 5.92 Å². The minimum atomic E-state index is -4.27. The molecule has 0 aliphatic heterocycles. The molecule has 0 aromatic rings. The van der Waals surface area contributed by atoms with Crippen LogP contribution in [0.25, 0.3) is 0 Å². The van der Waals surface area contributed by atoms with Crippen LogP contribution in [0.3, 0.4) is 0 Å². The first-order chi connectivity index (χ1) is 4.33. The van der Waals surface area contributed by atoms with Crippen LogP contribution in [0, 0.1) is 5.92 Å². The van der Waals surface area contributed by atoms with E-state index < -0.39 is 16.5 Å². The van der Waals surface area contributed by atoms with Crippen LogP contribution < -0.4 is 0 Å². The van der Waals surface area contributed by atoms with Crippen molar-refractivity contribution in [3.8, 4) is 0 Å². The fourth-order valence-corrected chi connectivity index (χ4v) is 0.909. The quantitative estimate of drug-likeness (QED) is 0.634. The zero-order valence-electron chi connectivity index (χ0n) is 6.23. The lowest BCUT2D eigenvalue weighted by Gasteiger charge is -2.12. The Bertz CT molecular complexity index is 182. The van der Waals surface area contributed by atoms with Gasteiger partial charge in [-0.1, -0.05) is 13.8 Å². The second kappa shape index (κ2) is 3.32. The summed E-state index contributed by atoms with van der Waals surface area (Å²) >= 11 is 0. The lowest BCUT2D eigenvalue weighted by molar-refractivity contribution is 0.155. The molecule has 1 atom stereocenters. The largest absolute Gasteiger partial charge is 0.397 e. The first-order valence-corrected chi connectivity index (χ1v) is 4.35. The van der Waals surface area contributed by atoms with Crippen molar-refractivity contribution in [2.75, 3.05) is 0 Å². The van der Waals surface area contributed by atoms with Crippen molar-refractivity contribution in [3.05, 3.63) is 0 Å². The van der Waals surface area contributed by atoms with Gasteiger partial charge in [-0.2, -0.15) is 8.42 Å². The summed E-state index contributed by atoms with van der Waals surface area (Å²) in [6, 6.07) is 0. The smallest absolute Gasteiger partial charge is 0.264 e. The van der Waals surface area contributed by atoms with E-state index in [1.807, 2.05) is 0 Å². The molecule has 4 nitrogen and oxygen atoms in total. The Kier molecular flexibility index (Phi) is 3.27. The highest BCUT2D eigenvalue weighted by Gasteiger charge is 2.14. The molecule has 1 N–H and O–H groups in total. The highest BCUT2D eigenvalue weighted by atomic mass is 32.3. The van der Waals surface area contributed by atoms with Gasteiger partial charge in [0.1, 0.15) is 0 Å². The molecule has 1 unspecified atom stereocenters. The molecule has 0 saturated carbocycles. The first kappa shape index (κ1) is 9.87. The Balaban J connectivity index is 3.93. The van der Waals surface area contributed by atoms with E-state index in [1.165, 1.54) is 0 Å². The molecule has 0 amide bonds. The molecular formula is C5H12O4S. The van der Waals surface area contributed by atoms with Gasteiger partial charge in [-0.3, -0.25) is 4.55 Å². The predicted molar refractivity (Wildman–Crippen MR) is 36.9 cm³/mol. The summed E-state index contributed by atoms with van der Waals surface area (Å²) in [4.78, 5) is 0. The van der Waals surface area contributed by atoms with Gasteiger partial charge in [-0.15, -0.1) is 0 Å². The van der Waals surface area contributed by atoms with E-state index in [1.54, 1.807) is 20.8 Å². The second-order valence-electron chi connectivity index (χ2n) is 2.47. The molecule has 10 heavy (non-hydrogen) atoms. The normalized spacial score (nSPS) is 15.7. The molecule has 0 radical (unpaired) electrons. The van der Waals surface area contributed by atoms with Gasteiger partial charge >= 0.3 is 10.4 Å². The van der Waals surface area contributed by atoms with Crippen LogP contribution in [-0.2, 0) is 14.6 Å². The number of hydrogen-bond donors (Lipinski definition) is 1. The first-order valence-electron chi connectivity index (χ1n) is 2.98. The van der Waals surface area contributed by atoms with Crippen molar-refractivity contribution in [2.45, 2.75) is 26.9 Å². The predicted octanol–water partition coefficient (Wildman–Crippen LogP) is 0.850. The molecule has 0 aliphatic carbocycles. The zero-order valence-corrected chi connectivity index (χ0v) is 7.05. The third kappa shape index (κ3) is 4.72. The van der Waals surface area contributed by atoms with Crippen LogP contribution >= 0.6 is 0 Å². The molecule has 0 bridgehead atoms. The molecule has 0 rings (SSSR count). The number of rotatable bonds is 3. The molecule has 5 heteroatoms. The Hall–Kier alpha value is -0.130. The fourth-order valence-electron chi connectivity index (χ4n) is 0.303. The minimum absolute atomic E-state index is 0.0712. The van der Waals surface area contributed by atoms with Gasteiger partial charge in [0.2, 0.25) is 0 Å². The van der Waals surface area contributed by atoms with Crippen LogP contribution in [-0.4, -0.2) is 19.1 Å². The van der Waals surface area contributed by atoms with E-state index in [0.717, 1.165) is 0 Å². The van der Waals surface area contributed by atoms with E-state index in [4.69, 9.17) is 4.55 Å². The highest BCUT2D eigenvalue weighted by Crippen LogP contribution is 2.07. The van der Waals surface area contributed by atoms with E-state index in [9.17, 15) is 8.42 Å². The maximum atomic E-state index is 10.1. The molecule has 0 aromatic heterocycles. The van der Waals surface area contributed by atoms with Gasteiger partial charge in [0, 0.05) is 0 Å². The summed E-state index contributed by atoms with van der Waals surface area (Å²) in [5.74, 6) is 0.0712. The topological polar surface area (TPSA) is 63.6 Å². The molecule has 0 saturated heterocycles. The van der Waals surface area contributed by atoms with Crippen LogP contribution in [0.2, 0.25) is 0 Å². The van der Waals surface area contributed by atoms with Crippen molar-refractivity contribution in [1.29, 1.82) is 0 Å². The average molecular weight is 168 g/mol. The van der Waals surface area contributed by atoms with Crippen molar-refractivity contribution in [3.63, 3.8) is 0 Å². The van der Waals surface area contributed by atoms with Crippen LogP contribution in [0.4, 0.5) is 0 Å². The summed E-state index contributed by atoms with van der Waals surface area (Å²) in [7, 11) is -4.27. The van der Waals surface area contributed by atoms with Gasteiger partial charge in [0.05, 0.1) is 6.10 Å². The lowest BCUT2D eigenvalue weighted by atomic mass is 10.1. The Morgan fingerprint density at radius 3 is 1.80 bits per heavy atom. The van der Waals surface area contributed by atoms with Gasteiger partial charge in [0.15, 0.2) is 0 Å². The summed E-state index contributed by atoms with van der Waals surface area (Å²) in [6.07, 6.45) is -0.477. The summed E-state index contributed by atoms with van der Waals surface area (Å²) in [5, 5.41) is 0. The SMILES string of the molecule is CC(C)C(C)OS(=O)(=O)O. The standard InChI is InChI=1S/C5H12O4S/c1-4(2)5(3)9-10(6,7)8/h4-5H,1-3H3,(H,6,7,8). The Labute approximate surface area is 61.2 Å². The highest BCUT2D eigenvalue weighted by molar-refractivity contribution is 7.80. The Morgan fingerprint density at radius 2 is 1.70 bits per heavy atom. The van der Waals surface area contributed by atoms with Crippen LogP contribution in [0.15, 0.2) is 0 Å². The molecule has 0 fully saturated rings. The van der Waals surface area contributed by atoms with Crippen molar-refractivity contribution < 1.29 is 17.2 Å². The maximum absolute atomic E-state index is 10.1. The molecular weight excluding hydrogens is 156 g/mol. The maximum Gasteiger partial charge on any atom is 0.397 e. The van der Waals surface area contributed by atoms with Gasteiger partial charge < -0.3 is 0 Å². The molecule has 0 spiro atoms. The molecule has 62 valence electrons. The molecule has 0 aliphatic rings. The van der Waals surface area contributed by atoms with Gasteiger partial charge in [-0.05, 0) is 12.8 Å². The third-order valence-electron chi connectivity index (χ3n) is 1.21.